The van der Waals surface area contributed by atoms with E-state index in [1.807, 2.05) is 23.7 Å². The van der Waals surface area contributed by atoms with Gasteiger partial charge in [-0.3, -0.25) is 4.79 Å². The van der Waals surface area contributed by atoms with E-state index in [9.17, 15) is 13.6 Å². The number of hydrogen-bond donors (Lipinski definition) is 2. The van der Waals surface area contributed by atoms with Crippen LogP contribution in [0.3, 0.4) is 0 Å². The predicted molar refractivity (Wildman–Crippen MR) is 107 cm³/mol. The van der Waals surface area contributed by atoms with Crippen molar-refractivity contribution in [3.63, 3.8) is 0 Å². The predicted octanol–water partition coefficient (Wildman–Crippen LogP) is 3.76. The number of imidazole rings is 2. The number of nitrogens with one attached hydrogen (secondary N) is 2. The topological polar surface area (TPSA) is 84.8 Å². The van der Waals surface area contributed by atoms with E-state index in [1.165, 1.54) is 12.1 Å². The van der Waals surface area contributed by atoms with Crippen LogP contribution in [0.2, 0.25) is 0 Å². The van der Waals surface area contributed by atoms with Gasteiger partial charge >= 0.3 is 0 Å². The summed E-state index contributed by atoms with van der Waals surface area (Å²) in [6.45, 7) is 0. The maximum atomic E-state index is 13.0. The lowest BCUT2D eigenvalue weighted by Gasteiger charge is -2.19. The number of H-pyrrole nitrogens is 1. The van der Waals surface area contributed by atoms with Gasteiger partial charge in [0.15, 0.2) is 5.82 Å². The van der Waals surface area contributed by atoms with Gasteiger partial charge in [0.1, 0.15) is 17.6 Å². The molecule has 4 aromatic rings. The van der Waals surface area contributed by atoms with Gasteiger partial charge in [-0.05, 0) is 35.9 Å². The third-order valence-corrected chi connectivity index (χ3v) is 4.81. The Balaban J connectivity index is 1.66. The average molecular weight is 411 g/mol. The molecule has 30 heavy (non-hydrogen) atoms. The molecule has 2 aromatic heterocycles. The van der Waals surface area contributed by atoms with E-state index >= 15 is 0 Å². The number of halogens is 2. The first-order valence-corrected chi connectivity index (χ1v) is 9.16. The van der Waals surface area contributed by atoms with Crippen LogP contribution in [0.15, 0.2) is 54.9 Å². The highest BCUT2D eigenvalue weighted by Crippen LogP contribution is 2.25. The lowest BCUT2D eigenvalue weighted by atomic mass is 10.0. The van der Waals surface area contributed by atoms with Crippen LogP contribution in [0.5, 0.6) is 5.75 Å². The van der Waals surface area contributed by atoms with Crippen LogP contribution in [0, 0.1) is 0 Å². The zero-order chi connectivity index (χ0) is 21.3. The number of benzene rings is 2. The third kappa shape index (κ3) is 3.73. The number of methoxy groups -OCH3 is 1. The number of aromatic amines is 1. The van der Waals surface area contributed by atoms with Crippen molar-refractivity contribution in [2.45, 2.75) is 12.5 Å². The maximum Gasteiger partial charge on any atom is 0.295 e. The molecule has 0 bridgehead atoms. The van der Waals surface area contributed by atoms with Crippen molar-refractivity contribution in [2.24, 2.45) is 7.05 Å². The van der Waals surface area contributed by atoms with Crippen LogP contribution in [0.25, 0.3) is 11.0 Å². The SMILES string of the molecule is COc1ccc(C(NC(=O)c2ccc3nc(C(F)F)[nH]c3c2)c2nccn2C)cc1. The monoisotopic (exact) mass is 411 g/mol. The van der Waals surface area contributed by atoms with Crippen LogP contribution in [0.4, 0.5) is 8.78 Å². The minimum Gasteiger partial charge on any atom is -0.497 e. The first-order valence-electron chi connectivity index (χ1n) is 9.16. The Morgan fingerprint density at radius 3 is 2.60 bits per heavy atom. The van der Waals surface area contributed by atoms with Crippen LogP contribution in [-0.2, 0) is 7.05 Å². The lowest BCUT2D eigenvalue weighted by Crippen LogP contribution is -2.31. The van der Waals surface area contributed by atoms with Gasteiger partial charge in [0.05, 0.1) is 18.1 Å². The number of amides is 1. The molecule has 0 aliphatic carbocycles. The molecule has 2 heterocycles. The Labute approximate surface area is 170 Å². The first-order chi connectivity index (χ1) is 14.5. The molecule has 0 aliphatic rings. The Hall–Kier alpha value is -3.75. The van der Waals surface area contributed by atoms with E-state index in [1.54, 1.807) is 37.7 Å². The van der Waals surface area contributed by atoms with E-state index in [4.69, 9.17) is 4.74 Å². The molecule has 154 valence electrons. The van der Waals surface area contributed by atoms with Gasteiger partial charge in [0.25, 0.3) is 12.3 Å². The van der Waals surface area contributed by atoms with E-state index in [0.717, 1.165) is 5.56 Å². The Bertz CT molecular complexity index is 1180. The summed E-state index contributed by atoms with van der Waals surface area (Å²) in [6.07, 6.45) is 0.735. The number of carbonyl (C=O) groups is 1. The average Bonchev–Trinajstić information content (AvgIpc) is 3.37. The summed E-state index contributed by atoms with van der Waals surface area (Å²) < 4.78 is 32.8. The highest BCUT2D eigenvalue weighted by molar-refractivity contribution is 5.97. The number of hydrogen-bond acceptors (Lipinski definition) is 4. The molecule has 1 atom stereocenters. The number of aromatic nitrogens is 4. The van der Waals surface area contributed by atoms with Gasteiger partial charge in [0.2, 0.25) is 0 Å². The van der Waals surface area contributed by atoms with Crippen LogP contribution >= 0.6 is 0 Å². The normalized spacial score (nSPS) is 12.3. The number of alkyl halides is 2. The number of fused-ring (bicyclic) bond motifs is 1. The van der Waals surface area contributed by atoms with Crippen LogP contribution in [-0.4, -0.2) is 32.5 Å². The standard InChI is InChI=1S/C21H19F2N5O2/c1-28-10-9-24-20(28)17(12-3-6-14(30-2)7-4-12)27-21(29)13-5-8-15-16(11-13)26-19(25-15)18(22)23/h3-11,17-18H,1-2H3,(H,25,26)(H,27,29). The Morgan fingerprint density at radius 2 is 1.97 bits per heavy atom. The molecule has 7 nitrogen and oxygen atoms in total. The number of carbonyl (C=O) groups excluding carboxylic acids is 1. The number of rotatable bonds is 6. The number of ether oxygens (including phenoxy) is 1. The summed E-state index contributed by atoms with van der Waals surface area (Å²) in [7, 11) is 3.42. The van der Waals surface area contributed by atoms with Crippen molar-refractivity contribution in [1.82, 2.24) is 24.8 Å². The zero-order valence-electron chi connectivity index (χ0n) is 16.3. The van der Waals surface area contributed by atoms with E-state index < -0.39 is 18.3 Å². The second-order valence-electron chi connectivity index (χ2n) is 6.73. The molecular weight excluding hydrogens is 392 g/mol. The molecule has 0 saturated carbocycles. The van der Waals surface area contributed by atoms with Gasteiger partial charge in [-0.15, -0.1) is 0 Å². The van der Waals surface area contributed by atoms with Crippen molar-refractivity contribution < 1.29 is 18.3 Å². The summed E-state index contributed by atoms with van der Waals surface area (Å²) in [6, 6.07) is 11.4. The van der Waals surface area contributed by atoms with Crippen molar-refractivity contribution in [2.75, 3.05) is 7.11 Å². The molecule has 0 radical (unpaired) electrons. The Morgan fingerprint density at radius 1 is 1.20 bits per heavy atom. The molecule has 1 unspecified atom stereocenters. The number of nitrogens with zero attached hydrogens (tertiary/aromatic N) is 3. The second-order valence-corrected chi connectivity index (χ2v) is 6.73. The smallest absolute Gasteiger partial charge is 0.295 e. The van der Waals surface area contributed by atoms with Crippen molar-refractivity contribution in [1.29, 1.82) is 0 Å². The number of aryl methyl sites for hydroxylation is 1. The van der Waals surface area contributed by atoms with E-state index in [-0.39, 0.29) is 5.91 Å². The molecular formula is C21H19F2N5O2. The van der Waals surface area contributed by atoms with E-state index in [2.05, 4.69) is 20.3 Å². The molecule has 0 aliphatic heterocycles. The summed E-state index contributed by atoms with van der Waals surface area (Å²) in [5, 5.41) is 2.98. The van der Waals surface area contributed by atoms with Gasteiger partial charge in [-0.1, -0.05) is 12.1 Å². The van der Waals surface area contributed by atoms with Crippen molar-refractivity contribution >= 4 is 16.9 Å². The second kappa shape index (κ2) is 7.94. The highest BCUT2D eigenvalue weighted by atomic mass is 19.3. The van der Waals surface area contributed by atoms with Crippen molar-refractivity contribution in [3.8, 4) is 5.75 Å². The summed E-state index contributed by atoms with van der Waals surface area (Å²) >= 11 is 0. The zero-order valence-corrected chi connectivity index (χ0v) is 16.3. The summed E-state index contributed by atoms with van der Waals surface area (Å²) in [4.78, 5) is 23.7. The minimum atomic E-state index is -2.71. The lowest BCUT2D eigenvalue weighted by molar-refractivity contribution is 0.0941. The van der Waals surface area contributed by atoms with Crippen LogP contribution in [0.1, 0.15) is 40.0 Å². The fraction of sp³-hybridized carbons (Fsp3) is 0.190. The third-order valence-electron chi connectivity index (χ3n) is 4.81. The van der Waals surface area contributed by atoms with Gasteiger partial charge in [0, 0.05) is 25.0 Å². The fourth-order valence-electron chi connectivity index (χ4n) is 3.24. The Kier molecular flexibility index (Phi) is 5.18. The molecule has 0 fully saturated rings. The fourth-order valence-corrected chi connectivity index (χ4v) is 3.24. The molecule has 1 amide bonds. The highest BCUT2D eigenvalue weighted by Gasteiger charge is 2.22. The molecule has 2 aromatic carbocycles. The molecule has 0 saturated heterocycles. The molecule has 9 heteroatoms. The summed E-state index contributed by atoms with van der Waals surface area (Å²) in [5.41, 5.74) is 1.88. The van der Waals surface area contributed by atoms with Gasteiger partial charge < -0.3 is 19.6 Å². The van der Waals surface area contributed by atoms with E-state index in [0.29, 0.717) is 28.2 Å². The molecule has 0 spiro atoms. The molecule has 2 N–H and O–H groups in total. The maximum absolute atomic E-state index is 13.0. The van der Waals surface area contributed by atoms with Crippen molar-refractivity contribution in [3.05, 3.63) is 77.6 Å². The van der Waals surface area contributed by atoms with Gasteiger partial charge in [-0.2, -0.15) is 0 Å². The van der Waals surface area contributed by atoms with Crippen LogP contribution < -0.4 is 10.1 Å². The molecule has 4 rings (SSSR count). The first kappa shape index (κ1) is 19.6. The summed E-state index contributed by atoms with van der Waals surface area (Å²) in [5.74, 6) is 0.555. The quantitative estimate of drug-likeness (QED) is 0.506. The minimum absolute atomic E-state index is 0.319. The van der Waals surface area contributed by atoms with Gasteiger partial charge in [-0.25, -0.2) is 18.7 Å². The largest absolute Gasteiger partial charge is 0.497 e.